The lowest BCUT2D eigenvalue weighted by Crippen LogP contribution is -2.05. The fourth-order valence-corrected chi connectivity index (χ4v) is 0.349. The first-order valence-corrected chi connectivity index (χ1v) is 2.83. The standard InChI is InChI=1S/C6H13O2/c1-6(2)8-5-3-4-7/h6-7H,1,3-5H2,2H3. The molecule has 1 radical (unpaired) electrons. The predicted octanol–water partition coefficient (Wildman–Crippen LogP) is 0.608. The second-order valence-electron chi connectivity index (χ2n) is 1.76. The van der Waals surface area contributed by atoms with E-state index in [0.29, 0.717) is 13.0 Å². The molecular weight excluding hydrogens is 104 g/mol. The second-order valence-corrected chi connectivity index (χ2v) is 1.76. The summed E-state index contributed by atoms with van der Waals surface area (Å²) in [6.45, 7) is 6.29. The molecule has 0 aromatic rings. The average molecular weight is 117 g/mol. The molecule has 8 heavy (non-hydrogen) atoms. The lowest BCUT2D eigenvalue weighted by atomic mass is 10.4. The number of hydrogen-bond acceptors (Lipinski definition) is 2. The van der Waals surface area contributed by atoms with Gasteiger partial charge in [0, 0.05) is 13.2 Å². The van der Waals surface area contributed by atoms with E-state index < -0.39 is 0 Å². The molecule has 0 saturated carbocycles. The van der Waals surface area contributed by atoms with Gasteiger partial charge in [0.05, 0.1) is 6.10 Å². The Morgan fingerprint density at radius 1 is 1.75 bits per heavy atom. The van der Waals surface area contributed by atoms with E-state index in [1.165, 1.54) is 0 Å². The van der Waals surface area contributed by atoms with Gasteiger partial charge in [0.15, 0.2) is 0 Å². The highest BCUT2D eigenvalue weighted by Gasteiger charge is 1.89. The summed E-state index contributed by atoms with van der Waals surface area (Å²) in [6, 6.07) is 0. The first-order valence-electron chi connectivity index (χ1n) is 2.83. The van der Waals surface area contributed by atoms with Crippen LogP contribution < -0.4 is 0 Å². The van der Waals surface area contributed by atoms with E-state index in [0.717, 1.165) is 0 Å². The van der Waals surface area contributed by atoms with Crippen LogP contribution in [0.1, 0.15) is 13.3 Å². The van der Waals surface area contributed by atoms with Crippen molar-refractivity contribution < 1.29 is 9.84 Å². The summed E-state index contributed by atoms with van der Waals surface area (Å²) in [4.78, 5) is 0. The van der Waals surface area contributed by atoms with Gasteiger partial charge in [-0.15, -0.1) is 0 Å². The SMILES string of the molecule is [CH2]C(C)OCCCO. The molecule has 0 fully saturated rings. The minimum absolute atomic E-state index is 0.0431. The molecule has 49 valence electrons. The molecule has 2 nitrogen and oxygen atoms in total. The van der Waals surface area contributed by atoms with Crippen molar-refractivity contribution in [2.75, 3.05) is 13.2 Å². The zero-order chi connectivity index (χ0) is 6.41. The van der Waals surface area contributed by atoms with Crippen LogP contribution in [0.3, 0.4) is 0 Å². The van der Waals surface area contributed by atoms with Gasteiger partial charge in [0.25, 0.3) is 0 Å². The third-order valence-electron chi connectivity index (χ3n) is 0.705. The van der Waals surface area contributed by atoms with Crippen molar-refractivity contribution >= 4 is 0 Å². The monoisotopic (exact) mass is 117 g/mol. The molecule has 2 heteroatoms. The van der Waals surface area contributed by atoms with Crippen molar-refractivity contribution in [3.8, 4) is 0 Å². The zero-order valence-electron chi connectivity index (χ0n) is 5.26. The first-order chi connectivity index (χ1) is 3.77. The van der Waals surface area contributed by atoms with E-state index in [-0.39, 0.29) is 12.7 Å². The Hall–Kier alpha value is -0.0800. The number of aliphatic hydroxyl groups excluding tert-OH is 1. The van der Waals surface area contributed by atoms with Gasteiger partial charge in [-0.1, -0.05) is 0 Å². The molecule has 0 saturated heterocycles. The molecule has 1 N–H and O–H groups in total. The lowest BCUT2D eigenvalue weighted by molar-refractivity contribution is 0.0824. The highest BCUT2D eigenvalue weighted by atomic mass is 16.5. The molecule has 0 aliphatic carbocycles. The van der Waals surface area contributed by atoms with Crippen LogP contribution in [-0.4, -0.2) is 24.4 Å². The van der Waals surface area contributed by atoms with Crippen LogP contribution in [0.25, 0.3) is 0 Å². The van der Waals surface area contributed by atoms with Crippen molar-refractivity contribution in [1.29, 1.82) is 0 Å². The summed E-state index contributed by atoms with van der Waals surface area (Å²) >= 11 is 0. The number of ether oxygens (including phenoxy) is 1. The first kappa shape index (κ1) is 7.92. The molecule has 0 aromatic carbocycles. The van der Waals surface area contributed by atoms with E-state index in [1.807, 2.05) is 6.92 Å². The van der Waals surface area contributed by atoms with Crippen molar-refractivity contribution in [1.82, 2.24) is 0 Å². The molecule has 1 atom stereocenters. The molecule has 0 aromatic heterocycles. The maximum Gasteiger partial charge on any atom is 0.0548 e. The van der Waals surface area contributed by atoms with E-state index in [1.54, 1.807) is 0 Å². The minimum atomic E-state index is 0.0431. The highest BCUT2D eigenvalue weighted by molar-refractivity contribution is 4.48. The number of aliphatic hydroxyl groups is 1. The summed E-state index contributed by atoms with van der Waals surface area (Å²) < 4.78 is 5.01. The Morgan fingerprint density at radius 3 is 2.75 bits per heavy atom. The predicted molar refractivity (Wildman–Crippen MR) is 32.5 cm³/mol. The summed E-state index contributed by atoms with van der Waals surface area (Å²) in [5.41, 5.74) is 0. The molecule has 0 aliphatic heterocycles. The van der Waals surface area contributed by atoms with Gasteiger partial charge in [-0.3, -0.25) is 0 Å². The lowest BCUT2D eigenvalue weighted by Gasteiger charge is -2.04. The molecule has 1 unspecified atom stereocenters. The molecule has 0 rings (SSSR count). The maximum absolute atomic E-state index is 8.28. The average Bonchev–Trinajstić information content (AvgIpc) is 1.66. The summed E-state index contributed by atoms with van der Waals surface area (Å²) in [6.07, 6.45) is 0.751. The van der Waals surface area contributed by atoms with Crippen LogP contribution in [0.4, 0.5) is 0 Å². The van der Waals surface area contributed by atoms with Gasteiger partial charge in [-0.25, -0.2) is 0 Å². The zero-order valence-corrected chi connectivity index (χ0v) is 5.26. The van der Waals surface area contributed by atoms with Gasteiger partial charge in [-0.2, -0.15) is 0 Å². The summed E-state index contributed by atoms with van der Waals surface area (Å²) in [5.74, 6) is 0. The normalized spacial score (nSPS) is 10.5. The molecule has 0 bridgehead atoms. The van der Waals surface area contributed by atoms with Gasteiger partial charge in [0.1, 0.15) is 0 Å². The van der Waals surface area contributed by atoms with Crippen LogP contribution in [0, 0.1) is 6.92 Å². The van der Waals surface area contributed by atoms with Crippen LogP contribution in [0.2, 0.25) is 0 Å². The molecule has 0 heterocycles. The third kappa shape index (κ3) is 5.92. The minimum Gasteiger partial charge on any atom is -0.396 e. The highest BCUT2D eigenvalue weighted by Crippen LogP contribution is 1.87. The van der Waals surface area contributed by atoms with Gasteiger partial charge in [0.2, 0.25) is 0 Å². The molecule has 0 aliphatic rings. The summed E-state index contributed by atoms with van der Waals surface area (Å²) in [7, 11) is 0. The maximum atomic E-state index is 8.28. The van der Waals surface area contributed by atoms with Gasteiger partial charge >= 0.3 is 0 Å². The summed E-state index contributed by atoms with van der Waals surface area (Å²) in [5, 5.41) is 8.28. The smallest absolute Gasteiger partial charge is 0.0548 e. The Bertz CT molecular complexity index is 43.8. The van der Waals surface area contributed by atoms with E-state index in [2.05, 4.69) is 6.92 Å². The van der Waals surface area contributed by atoms with Gasteiger partial charge < -0.3 is 9.84 Å². The Kier molecular flexibility index (Phi) is 5.01. The molecule has 0 amide bonds. The Morgan fingerprint density at radius 2 is 2.38 bits per heavy atom. The van der Waals surface area contributed by atoms with Crippen molar-refractivity contribution in [3.05, 3.63) is 6.92 Å². The van der Waals surface area contributed by atoms with E-state index >= 15 is 0 Å². The fraction of sp³-hybridized carbons (Fsp3) is 0.833. The number of rotatable bonds is 4. The topological polar surface area (TPSA) is 29.5 Å². The van der Waals surface area contributed by atoms with Crippen LogP contribution >= 0.6 is 0 Å². The Labute approximate surface area is 50.5 Å². The van der Waals surface area contributed by atoms with E-state index in [9.17, 15) is 0 Å². The van der Waals surface area contributed by atoms with Crippen LogP contribution in [0.15, 0.2) is 0 Å². The van der Waals surface area contributed by atoms with E-state index in [4.69, 9.17) is 9.84 Å². The third-order valence-corrected chi connectivity index (χ3v) is 0.705. The van der Waals surface area contributed by atoms with Crippen molar-refractivity contribution in [2.24, 2.45) is 0 Å². The van der Waals surface area contributed by atoms with Crippen molar-refractivity contribution in [2.45, 2.75) is 19.4 Å². The number of hydrogen-bond donors (Lipinski definition) is 1. The largest absolute Gasteiger partial charge is 0.396 e. The Balaban J connectivity index is 2.72. The molecular formula is C6H13O2. The van der Waals surface area contributed by atoms with Crippen LogP contribution in [-0.2, 0) is 4.74 Å². The second kappa shape index (κ2) is 5.06. The quantitative estimate of drug-likeness (QED) is 0.546. The fourth-order valence-electron chi connectivity index (χ4n) is 0.349. The van der Waals surface area contributed by atoms with Gasteiger partial charge in [-0.05, 0) is 20.3 Å². The molecule has 0 spiro atoms. The van der Waals surface area contributed by atoms with Crippen LogP contribution in [0.5, 0.6) is 0 Å². The van der Waals surface area contributed by atoms with Crippen molar-refractivity contribution in [3.63, 3.8) is 0 Å².